The van der Waals surface area contributed by atoms with E-state index in [4.69, 9.17) is 5.26 Å². The summed E-state index contributed by atoms with van der Waals surface area (Å²) in [6.07, 6.45) is 3.59. The largest absolute Gasteiger partial charge is 0.335 e. The summed E-state index contributed by atoms with van der Waals surface area (Å²) < 4.78 is 0. The third-order valence-electron chi connectivity index (χ3n) is 3.79. The molecular weight excluding hydrogens is 244 g/mol. The lowest BCUT2D eigenvalue weighted by Gasteiger charge is -2.32. The lowest BCUT2D eigenvalue weighted by molar-refractivity contribution is -0.125. The highest BCUT2D eigenvalue weighted by atomic mass is 16.2. The zero-order valence-corrected chi connectivity index (χ0v) is 11.2. The minimum absolute atomic E-state index is 0.102. The van der Waals surface area contributed by atoms with E-state index in [2.05, 4.69) is 16.7 Å². The van der Waals surface area contributed by atoms with Crippen molar-refractivity contribution in [2.75, 3.05) is 13.1 Å². The number of rotatable bonds is 3. The van der Waals surface area contributed by atoms with Gasteiger partial charge in [-0.3, -0.25) is 15.0 Å². The van der Waals surface area contributed by atoms with Gasteiger partial charge >= 0.3 is 6.03 Å². The molecule has 1 heterocycles. The maximum atomic E-state index is 11.9. The first-order valence-electron chi connectivity index (χ1n) is 6.85. The molecule has 6 nitrogen and oxygen atoms in total. The molecule has 1 aliphatic heterocycles. The quantitative estimate of drug-likeness (QED) is 0.781. The summed E-state index contributed by atoms with van der Waals surface area (Å²) in [6, 6.07) is 1.78. The van der Waals surface area contributed by atoms with Crippen LogP contribution in [0, 0.1) is 17.2 Å². The number of nitriles is 1. The third kappa shape index (κ3) is 3.93. The smallest absolute Gasteiger partial charge is 0.321 e. The number of piperidine rings is 1. The van der Waals surface area contributed by atoms with Crippen LogP contribution >= 0.6 is 0 Å². The molecule has 1 unspecified atom stereocenters. The molecule has 2 aliphatic rings. The van der Waals surface area contributed by atoms with Crippen LogP contribution in [0.1, 0.15) is 32.6 Å². The Morgan fingerprint density at radius 3 is 2.42 bits per heavy atom. The monoisotopic (exact) mass is 264 g/mol. The van der Waals surface area contributed by atoms with Crippen LogP contribution in [-0.4, -0.2) is 42.0 Å². The molecule has 2 rings (SSSR count). The molecule has 19 heavy (non-hydrogen) atoms. The Kier molecular flexibility index (Phi) is 4.38. The van der Waals surface area contributed by atoms with Crippen molar-refractivity contribution in [3.05, 3.63) is 0 Å². The first-order valence-corrected chi connectivity index (χ1v) is 6.85. The van der Waals surface area contributed by atoms with Crippen molar-refractivity contribution in [1.29, 1.82) is 5.26 Å². The minimum atomic E-state index is -0.397. The molecule has 3 amide bonds. The van der Waals surface area contributed by atoms with E-state index >= 15 is 0 Å². The fraction of sp³-hybridized carbons (Fsp3) is 0.769. The maximum absolute atomic E-state index is 11.9. The summed E-state index contributed by atoms with van der Waals surface area (Å²) in [5.74, 6) is -0.168. The Bertz CT molecular complexity index is 392. The Morgan fingerprint density at radius 2 is 1.89 bits per heavy atom. The Hall–Kier alpha value is -1.61. The summed E-state index contributed by atoms with van der Waals surface area (Å²) in [7, 11) is 0. The van der Waals surface area contributed by atoms with E-state index in [1.807, 2.05) is 4.90 Å². The number of hydrogen-bond donors (Lipinski definition) is 2. The van der Waals surface area contributed by atoms with Crippen molar-refractivity contribution in [3.8, 4) is 6.07 Å². The van der Waals surface area contributed by atoms with Crippen molar-refractivity contribution >= 4 is 11.9 Å². The summed E-state index contributed by atoms with van der Waals surface area (Å²) in [5, 5.41) is 13.9. The molecule has 1 saturated heterocycles. The fourth-order valence-corrected chi connectivity index (χ4v) is 2.25. The molecule has 2 N–H and O–H groups in total. The Morgan fingerprint density at radius 1 is 1.26 bits per heavy atom. The predicted octanol–water partition coefficient (Wildman–Crippen LogP) is 0.599. The molecule has 1 atom stereocenters. The van der Waals surface area contributed by atoms with E-state index in [1.54, 1.807) is 6.92 Å². The van der Waals surface area contributed by atoms with Gasteiger partial charge in [0.1, 0.15) is 0 Å². The van der Waals surface area contributed by atoms with Gasteiger partial charge in [0.05, 0.1) is 12.1 Å². The van der Waals surface area contributed by atoms with Gasteiger partial charge in [-0.15, -0.1) is 0 Å². The average Bonchev–Trinajstić information content (AvgIpc) is 3.21. The standard InChI is InChI=1S/C13H20N4O2/c1-9(17-6-4-10(8-14)5-7-17)12(18)16-13(19)15-11-2-3-11/h9-11H,2-7H2,1H3,(H2,15,16,18,19). The average molecular weight is 264 g/mol. The number of likely N-dealkylation sites (tertiary alicyclic amines) is 1. The second kappa shape index (κ2) is 6.02. The van der Waals surface area contributed by atoms with Gasteiger partial charge in [-0.2, -0.15) is 5.26 Å². The third-order valence-corrected chi connectivity index (χ3v) is 3.79. The minimum Gasteiger partial charge on any atom is -0.335 e. The molecule has 104 valence electrons. The highest BCUT2D eigenvalue weighted by Crippen LogP contribution is 2.19. The first kappa shape index (κ1) is 13.8. The van der Waals surface area contributed by atoms with Crippen molar-refractivity contribution in [1.82, 2.24) is 15.5 Å². The molecule has 0 aromatic carbocycles. The van der Waals surface area contributed by atoms with Gasteiger partial charge in [0.25, 0.3) is 0 Å². The van der Waals surface area contributed by atoms with Crippen LogP contribution in [0.4, 0.5) is 4.79 Å². The van der Waals surface area contributed by atoms with E-state index in [1.165, 1.54) is 0 Å². The van der Waals surface area contributed by atoms with Crippen LogP contribution in [0.25, 0.3) is 0 Å². The van der Waals surface area contributed by atoms with E-state index in [0.717, 1.165) is 38.8 Å². The number of nitrogens with zero attached hydrogens (tertiary/aromatic N) is 2. The highest BCUT2D eigenvalue weighted by molar-refractivity contribution is 5.96. The summed E-state index contributed by atoms with van der Waals surface area (Å²) in [5.41, 5.74) is 0. The van der Waals surface area contributed by atoms with Crippen molar-refractivity contribution in [2.24, 2.45) is 5.92 Å². The zero-order chi connectivity index (χ0) is 13.8. The van der Waals surface area contributed by atoms with Crippen LogP contribution in [-0.2, 0) is 4.79 Å². The Labute approximate surface area is 113 Å². The number of nitrogens with one attached hydrogen (secondary N) is 2. The first-order chi connectivity index (χ1) is 9.10. The molecule has 1 aliphatic carbocycles. The highest BCUT2D eigenvalue weighted by Gasteiger charge is 2.29. The molecule has 0 spiro atoms. The van der Waals surface area contributed by atoms with Crippen LogP contribution in [0.2, 0.25) is 0 Å². The SMILES string of the molecule is CC(C(=O)NC(=O)NC1CC1)N1CCC(C#N)CC1. The lowest BCUT2D eigenvalue weighted by atomic mass is 9.97. The number of carbonyl (C=O) groups is 2. The Balaban J connectivity index is 1.75. The van der Waals surface area contributed by atoms with Gasteiger partial charge in [-0.05, 0) is 32.6 Å². The van der Waals surface area contributed by atoms with E-state index in [-0.39, 0.29) is 23.9 Å². The number of imide groups is 1. The summed E-state index contributed by atoms with van der Waals surface area (Å²) in [4.78, 5) is 25.4. The van der Waals surface area contributed by atoms with Crippen LogP contribution in [0.5, 0.6) is 0 Å². The van der Waals surface area contributed by atoms with Gasteiger partial charge < -0.3 is 5.32 Å². The van der Waals surface area contributed by atoms with E-state index in [0.29, 0.717) is 0 Å². The number of hydrogen-bond acceptors (Lipinski definition) is 4. The molecule has 0 bridgehead atoms. The molecule has 0 aromatic rings. The van der Waals surface area contributed by atoms with Gasteiger partial charge in [-0.25, -0.2) is 4.79 Å². The van der Waals surface area contributed by atoms with Crippen LogP contribution < -0.4 is 10.6 Å². The number of amides is 3. The molecule has 0 aromatic heterocycles. The number of carbonyl (C=O) groups excluding carboxylic acids is 2. The van der Waals surface area contributed by atoms with Gasteiger partial charge in [0, 0.05) is 25.0 Å². The zero-order valence-electron chi connectivity index (χ0n) is 11.2. The second-order valence-corrected chi connectivity index (χ2v) is 5.35. The lowest BCUT2D eigenvalue weighted by Crippen LogP contribution is -2.51. The molecule has 6 heteroatoms. The molecule has 0 radical (unpaired) electrons. The van der Waals surface area contributed by atoms with Gasteiger partial charge in [0.2, 0.25) is 5.91 Å². The number of urea groups is 1. The van der Waals surface area contributed by atoms with Gasteiger partial charge in [0.15, 0.2) is 0 Å². The van der Waals surface area contributed by atoms with Crippen molar-refractivity contribution in [2.45, 2.75) is 44.7 Å². The molecule has 2 fully saturated rings. The fourth-order valence-electron chi connectivity index (χ4n) is 2.25. The van der Waals surface area contributed by atoms with Crippen LogP contribution in [0.3, 0.4) is 0 Å². The maximum Gasteiger partial charge on any atom is 0.321 e. The molecule has 1 saturated carbocycles. The van der Waals surface area contributed by atoms with Crippen LogP contribution in [0.15, 0.2) is 0 Å². The predicted molar refractivity (Wildman–Crippen MR) is 69.1 cm³/mol. The second-order valence-electron chi connectivity index (χ2n) is 5.35. The van der Waals surface area contributed by atoms with Crippen molar-refractivity contribution in [3.63, 3.8) is 0 Å². The summed E-state index contributed by atoms with van der Waals surface area (Å²) in [6.45, 7) is 3.26. The van der Waals surface area contributed by atoms with Crippen molar-refractivity contribution < 1.29 is 9.59 Å². The normalized spacial score (nSPS) is 22.3. The van der Waals surface area contributed by atoms with Gasteiger partial charge in [-0.1, -0.05) is 0 Å². The summed E-state index contributed by atoms with van der Waals surface area (Å²) >= 11 is 0. The van der Waals surface area contributed by atoms with E-state index < -0.39 is 6.03 Å². The van der Waals surface area contributed by atoms with E-state index in [9.17, 15) is 9.59 Å². The topological polar surface area (TPSA) is 85.2 Å². The molecular formula is C13H20N4O2.